The molecule has 2 aliphatic heterocycles. The van der Waals surface area contributed by atoms with Gasteiger partial charge in [0, 0.05) is 24.8 Å². The lowest BCUT2D eigenvalue weighted by molar-refractivity contribution is -0.159. The Morgan fingerprint density at radius 1 is 0.919 bits per heavy atom. The average molecular weight is 506 g/mol. The van der Waals surface area contributed by atoms with E-state index >= 15 is 0 Å². The second kappa shape index (κ2) is 9.02. The third-order valence-corrected chi connectivity index (χ3v) is 7.01. The molecule has 2 aliphatic rings. The van der Waals surface area contributed by atoms with Gasteiger partial charge in [0.1, 0.15) is 5.82 Å². The molecule has 0 spiro atoms. The van der Waals surface area contributed by atoms with Crippen LogP contribution in [-0.2, 0) is 11.0 Å². The van der Waals surface area contributed by atoms with Gasteiger partial charge in [0.2, 0.25) is 11.7 Å². The van der Waals surface area contributed by atoms with Crippen LogP contribution in [0.4, 0.5) is 19.0 Å². The number of piperazine rings is 1. The molecule has 0 N–H and O–H groups in total. The van der Waals surface area contributed by atoms with Crippen LogP contribution in [0.15, 0.2) is 83.5 Å². The number of nitrogens with zero attached hydrogens (tertiary/aromatic N) is 5. The minimum absolute atomic E-state index is 0.0560. The van der Waals surface area contributed by atoms with Crippen molar-refractivity contribution in [2.24, 2.45) is 0 Å². The number of anilines is 1. The minimum atomic E-state index is -4.70. The van der Waals surface area contributed by atoms with E-state index < -0.39 is 12.1 Å². The second-order valence-corrected chi connectivity index (χ2v) is 9.27. The predicted octanol–water partition coefficient (Wildman–Crippen LogP) is 4.77. The van der Waals surface area contributed by atoms with E-state index in [2.05, 4.69) is 24.5 Å². The van der Waals surface area contributed by atoms with Crippen molar-refractivity contribution in [3.05, 3.63) is 96.0 Å². The smallest absolute Gasteiger partial charge is 0.350 e. The van der Waals surface area contributed by atoms with Gasteiger partial charge >= 0.3 is 12.1 Å². The zero-order valence-corrected chi connectivity index (χ0v) is 19.5. The summed E-state index contributed by atoms with van der Waals surface area (Å²) in [6, 6.07) is 23.2. The summed E-state index contributed by atoms with van der Waals surface area (Å²) in [5, 5.41) is 3.41. The fourth-order valence-corrected chi connectivity index (χ4v) is 5.30. The van der Waals surface area contributed by atoms with E-state index in [4.69, 9.17) is 0 Å². The first kappa shape index (κ1) is 23.2. The second-order valence-electron chi connectivity index (χ2n) is 9.27. The van der Waals surface area contributed by atoms with Gasteiger partial charge in [-0.05, 0) is 29.7 Å². The van der Waals surface area contributed by atoms with Gasteiger partial charge in [-0.1, -0.05) is 65.8 Å². The maximum atomic E-state index is 13.8. The maximum absolute atomic E-state index is 13.8. The van der Waals surface area contributed by atoms with Crippen molar-refractivity contribution in [3.8, 4) is 11.4 Å². The molecule has 0 saturated carbocycles. The Bertz CT molecular complexity index is 1350. The molecule has 2 aromatic carbocycles. The summed E-state index contributed by atoms with van der Waals surface area (Å²) in [5.41, 5.74) is 2.26. The van der Waals surface area contributed by atoms with Gasteiger partial charge in [-0.25, -0.2) is 4.98 Å². The number of carbonyl (C=O) groups is 1. The summed E-state index contributed by atoms with van der Waals surface area (Å²) in [6.45, 7) is 1.22. The van der Waals surface area contributed by atoms with Crippen molar-refractivity contribution in [2.75, 3.05) is 18.0 Å². The van der Waals surface area contributed by atoms with Crippen LogP contribution in [0.1, 0.15) is 29.4 Å². The maximum Gasteiger partial charge on any atom is 0.471 e. The number of amides is 1. The van der Waals surface area contributed by atoms with Crippen LogP contribution in [0.2, 0.25) is 0 Å². The SMILES string of the molecule is O=C(C(c1ccccc1)c1ccccc1)N1CC2CC1CN2c1ccc(-c2noc(C(F)(F)F)n2)cn1. The first-order valence-electron chi connectivity index (χ1n) is 11.9. The van der Waals surface area contributed by atoms with E-state index in [1.807, 2.05) is 65.6 Å². The number of carbonyl (C=O) groups excluding carboxylic acids is 1. The lowest BCUT2D eigenvalue weighted by Gasteiger charge is -2.36. The highest BCUT2D eigenvalue weighted by molar-refractivity contribution is 5.88. The zero-order valence-electron chi connectivity index (χ0n) is 19.5. The molecule has 0 radical (unpaired) electrons. The van der Waals surface area contributed by atoms with Crippen LogP contribution in [0.25, 0.3) is 11.4 Å². The lowest BCUT2D eigenvalue weighted by Crippen LogP contribution is -2.50. The molecule has 4 heterocycles. The highest BCUT2D eigenvalue weighted by atomic mass is 19.4. The van der Waals surface area contributed by atoms with E-state index in [9.17, 15) is 18.0 Å². The molecule has 7 nitrogen and oxygen atoms in total. The zero-order chi connectivity index (χ0) is 25.6. The third kappa shape index (κ3) is 4.32. The highest BCUT2D eigenvalue weighted by Crippen LogP contribution is 2.38. The molecule has 1 amide bonds. The molecular weight excluding hydrogens is 483 g/mol. The van der Waals surface area contributed by atoms with E-state index in [1.165, 1.54) is 6.20 Å². The highest BCUT2D eigenvalue weighted by Gasteiger charge is 2.47. The first-order chi connectivity index (χ1) is 17.9. The molecule has 2 aromatic heterocycles. The number of alkyl halides is 3. The van der Waals surface area contributed by atoms with E-state index in [1.54, 1.807) is 12.1 Å². The normalized spacial score (nSPS) is 19.1. The largest absolute Gasteiger partial charge is 0.471 e. The van der Waals surface area contributed by atoms with E-state index in [0.29, 0.717) is 24.5 Å². The number of hydrogen-bond donors (Lipinski definition) is 0. The third-order valence-electron chi connectivity index (χ3n) is 7.01. The van der Waals surface area contributed by atoms with Crippen molar-refractivity contribution in [1.29, 1.82) is 0 Å². The fourth-order valence-electron chi connectivity index (χ4n) is 5.30. The number of fused-ring (bicyclic) bond motifs is 2. The fraction of sp³-hybridized carbons (Fsp3) is 0.259. The summed E-state index contributed by atoms with van der Waals surface area (Å²) in [6.07, 6.45) is -2.42. The quantitative estimate of drug-likeness (QED) is 0.389. The van der Waals surface area contributed by atoms with Crippen molar-refractivity contribution in [3.63, 3.8) is 0 Å². The summed E-state index contributed by atoms with van der Waals surface area (Å²) in [7, 11) is 0. The molecule has 2 unspecified atom stereocenters. The molecule has 0 aliphatic carbocycles. The standard InChI is InChI=1S/C27H22F3N5O2/c28-27(29,30)26-32-24(33-37-26)19-11-12-22(31-14-19)34-15-21-13-20(34)16-35(21)25(36)23(17-7-3-1-4-8-17)18-9-5-2-6-10-18/h1-12,14,20-21,23H,13,15-16H2. The summed E-state index contributed by atoms with van der Waals surface area (Å²) < 4.78 is 42.6. The topological polar surface area (TPSA) is 75.4 Å². The van der Waals surface area contributed by atoms with E-state index in [-0.39, 0.29) is 29.7 Å². The number of aromatic nitrogens is 3. The van der Waals surface area contributed by atoms with Crippen LogP contribution in [-0.4, -0.2) is 51.1 Å². The molecule has 2 fully saturated rings. The van der Waals surface area contributed by atoms with Gasteiger partial charge in [0.25, 0.3) is 0 Å². The van der Waals surface area contributed by atoms with Crippen molar-refractivity contribution in [1.82, 2.24) is 20.0 Å². The number of rotatable bonds is 5. The van der Waals surface area contributed by atoms with Gasteiger partial charge in [-0.2, -0.15) is 18.2 Å². The molecule has 37 heavy (non-hydrogen) atoms. The summed E-state index contributed by atoms with van der Waals surface area (Å²) in [5.74, 6) is -1.14. The Balaban J connectivity index is 1.18. The van der Waals surface area contributed by atoms with Crippen LogP contribution in [0, 0.1) is 0 Å². The number of hydrogen-bond acceptors (Lipinski definition) is 6. The molecule has 188 valence electrons. The number of benzene rings is 2. The molecule has 6 rings (SSSR count). The summed E-state index contributed by atoms with van der Waals surface area (Å²) >= 11 is 0. The van der Waals surface area contributed by atoms with Gasteiger partial charge in [0.05, 0.1) is 18.0 Å². The van der Waals surface area contributed by atoms with Gasteiger partial charge in [0.15, 0.2) is 0 Å². The molecule has 2 bridgehead atoms. The van der Waals surface area contributed by atoms with Crippen LogP contribution in [0.3, 0.4) is 0 Å². The molecular formula is C27H22F3N5O2. The molecule has 2 atom stereocenters. The Morgan fingerprint density at radius 3 is 2.11 bits per heavy atom. The Hall–Kier alpha value is -4.21. The minimum Gasteiger partial charge on any atom is -0.350 e. The Kier molecular flexibility index (Phi) is 5.66. The molecule has 10 heteroatoms. The van der Waals surface area contributed by atoms with Crippen molar-refractivity contribution in [2.45, 2.75) is 30.6 Å². The number of likely N-dealkylation sites (tertiary alicyclic amines) is 1. The summed E-state index contributed by atoms with van der Waals surface area (Å²) in [4.78, 5) is 25.8. The van der Waals surface area contributed by atoms with Crippen LogP contribution < -0.4 is 4.90 Å². The van der Waals surface area contributed by atoms with Gasteiger partial charge < -0.3 is 14.3 Å². The van der Waals surface area contributed by atoms with Crippen molar-refractivity contribution < 1.29 is 22.5 Å². The van der Waals surface area contributed by atoms with Crippen molar-refractivity contribution >= 4 is 11.7 Å². The van der Waals surface area contributed by atoms with Gasteiger partial charge in [-0.3, -0.25) is 4.79 Å². The number of pyridine rings is 1. The Morgan fingerprint density at radius 2 is 1.59 bits per heavy atom. The number of halogens is 3. The van der Waals surface area contributed by atoms with Gasteiger partial charge in [-0.15, -0.1) is 0 Å². The molecule has 2 saturated heterocycles. The average Bonchev–Trinajstić information content (AvgIpc) is 3.66. The van der Waals surface area contributed by atoms with Crippen LogP contribution in [0.5, 0.6) is 0 Å². The lowest BCUT2D eigenvalue weighted by atomic mass is 9.89. The first-order valence-corrected chi connectivity index (χ1v) is 11.9. The van der Waals surface area contributed by atoms with Crippen LogP contribution >= 0.6 is 0 Å². The molecule has 4 aromatic rings. The monoisotopic (exact) mass is 505 g/mol. The Labute approximate surface area is 210 Å². The van der Waals surface area contributed by atoms with E-state index in [0.717, 1.165) is 17.5 Å². The predicted molar refractivity (Wildman–Crippen MR) is 129 cm³/mol.